The highest BCUT2D eigenvalue weighted by atomic mass is 35.5. The standard InChI is InChI=1S/C13H24N2O2.ClH/c1-10-11(2)15(7-6-14-10)13(16)9-12-5-3-4-8-17-12;/h10-12,14H,3-9H2,1-2H3;1H. The third-order valence-corrected chi connectivity index (χ3v) is 4.03. The summed E-state index contributed by atoms with van der Waals surface area (Å²) in [6.45, 7) is 6.82. The number of carbonyl (C=O) groups excluding carboxylic acids is 1. The van der Waals surface area contributed by atoms with Gasteiger partial charge in [-0.2, -0.15) is 0 Å². The first kappa shape index (κ1) is 15.7. The summed E-state index contributed by atoms with van der Waals surface area (Å²) in [5, 5.41) is 3.40. The van der Waals surface area contributed by atoms with Gasteiger partial charge in [0.15, 0.2) is 0 Å². The van der Waals surface area contributed by atoms with E-state index in [1.165, 1.54) is 6.42 Å². The Morgan fingerprint density at radius 3 is 2.83 bits per heavy atom. The average Bonchev–Trinajstić information content (AvgIpc) is 2.34. The molecule has 0 saturated carbocycles. The van der Waals surface area contributed by atoms with Crippen molar-refractivity contribution in [3.05, 3.63) is 0 Å². The fourth-order valence-corrected chi connectivity index (χ4v) is 2.69. The Labute approximate surface area is 116 Å². The molecule has 4 nitrogen and oxygen atoms in total. The molecule has 0 bridgehead atoms. The summed E-state index contributed by atoms with van der Waals surface area (Å²) < 4.78 is 5.64. The monoisotopic (exact) mass is 276 g/mol. The number of nitrogens with one attached hydrogen (secondary N) is 1. The van der Waals surface area contributed by atoms with Gasteiger partial charge in [0, 0.05) is 31.8 Å². The predicted molar refractivity (Wildman–Crippen MR) is 74.1 cm³/mol. The van der Waals surface area contributed by atoms with Crippen LogP contribution in [0.3, 0.4) is 0 Å². The van der Waals surface area contributed by atoms with E-state index in [1.54, 1.807) is 0 Å². The maximum Gasteiger partial charge on any atom is 0.225 e. The molecule has 0 aromatic heterocycles. The molecular formula is C13H25ClN2O2. The molecular weight excluding hydrogens is 252 g/mol. The van der Waals surface area contributed by atoms with Gasteiger partial charge < -0.3 is 15.0 Å². The SMILES string of the molecule is CC1NCCN(C(=O)CC2CCCCO2)C1C.Cl. The van der Waals surface area contributed by atoms with Crippen molar-refractivity contribution >= 4 is 18.3 Å². The minimum Gasteiger partial charge on any atom is -0.378 e. The Morgan fingerprint density at radius 1 is 1.39 bits per heavy atom. The van der Waals surface area contributed by atoms with Gasteiger partial charge in [-0.3, -0.25) is 4.79 Å². The van der Waals surface area contributed by atoms with Crippen molar-refractivity contribution in [2.45, 2.75) is 57.7 Å². The zero-order chi connectivity index (χ0) is 12.3. The molecule has 0 aromatic carbocycles. The molecule has 2 rings (SSSR count). The molecule has 3 unspecified atom stereocenters. The lowest BCUT2D eigenvalue weighted by atomic mass is 10.0. The largest absolute Gasteiger partial charge is 0.378 e. The third-order valence-electron chi connectivity index (χ3n) is 4.03. The van der Waals surface area contributed by atoms with E-state index in [4.69, 9.17) is 4.74 Å². The van der Waals surface area contributed by atoms with Gasteiger partial charge in [-0.15, -0.1) is 12.4 Å². The number of carbonyl (C=O) groups is 1. The van der Waals surface area contributed by atoms with Crippen molar-refractivity contribution in [3.63, 3.8) is 0 Å². The second kappa shape index (κ2) is 7.31. The predicted octanol–water partition coefficient (Wildman–Crippen LogP) is 1.58. The van der Waals surface area contributed by atoms with Crippen molar-refractivity contribution in [1.29, 1.82) is 0 Å². The maximum absolute atomic E-state index is 12.2. The molecule has 0 aliphatic carbocycles. The second-order valence-electron chi connectivity index (χ2n) is 5.26. The second-order valence-corrected chi connectivity index (χ2v) is 5.26. The van der Waals surface area contributed by atoms with Gasteiger partial charge >= 0.3 is 0 Å². The number of amides is 1. The van der Waals surface area contributed by atoms with Gasteiger partial charge in [-0.05, 0) is 33.1 Å². The van der Waals surface area contributed by atoms with Gasteiger partial charge in [0.25, 0.3) is 0 Å². The van der Waals surface area contributed by atoms with Crippen molar-refractivity contribution in [2.75, 3.05) is 19.7 Å². The van der Waals surface area contributed by atoms with Crippen molar-refractivity contribution < 1.29 is 9.53 Å². The molecule has 0 spiro atoms. The van der Waals surface area contributed by atoms with Gasteiger partial charge in [0.05, 0.1) is 12.5 Å². The summed E-state index contributed by atoms with van der Waals surface area (Å²) in [6, 6.07) is 0.680. The van der Waals surface area contributed by atoms with Crippen LogP contribution in [0.5, 0.6) is 0 Å². The maximum atomic E-state index is 12.2. The molecule has 2 aliphatic heterocycles. The van der Waals surface area contributed by atoms with Gasteiger partial charge in [-0.25, -0.2) is 0 Å². The van der Waals surface area contributed by atoms with Crippen LogP contribution in [0.4, 0.5) is 0 Å². The lowest BCUT2D eigenvalue weighted by Gasteiger charge is -2.39. The molecule has 2 heterocycles. The Morgan fingerprint density at radius 2 is 2.17 bits per heavy atom. The molecule has 18 heavy (non-hydrogen) atoms. The number of ether oxygens (including phenoxy) is 1. The zero-order valence-electron chi connectivity index (χ0n) is 11.4. The van der Waals surface area contributed by atoms with Gasteiger partial charge in [0.1, 0.15) is 0 Å². The summed E-state index contributed by atoms with van der Waals surface area (Å²) in [4.78, 5) is 14.3. The highest BCUT2D eigenvalue weighted by molar-refractivity contribution is 5.85. The highest BCUT2D eigenvalue weighted by Crippen LogP contribution is 2.18. The van der Waals surface area contributed by atoms with E-state index >= 15 is 0 Å². The first-order chi connectivity index (χ1) is 8.18. The number of piperazine rings is 1. The van der Waals surface area contributed by atoms with E-state index in [0.717, 1.165) is 32.5 Å². The minimum atomic E-state index is 0. The third kappa shape index (κ3) is 3.84. The Balaban J connectivity index is 0.00000162. The molecule has 1 N–H and O–H groups in total. The molecule has 2 saturated heterocycles. The lowest BCUT2D eigenvalue weighted by molar-refractivity contribution is -0.138. The van der Waals surface area contributed by atoms with Crippen LogP contribution in [0, 0.1) is 0 Å². The quantitative estimate of drug-likeness (QED) is 0.833. The normalized spacial score (nSPS) is 32.8. The summed E-state index contributed by atoms with van der Waals surface area (Å²) in [5.41, 5.74) is 0. The van der Waals surface area contributed by atoms with Crippen molar-refractivity contribution in [1.82, 2.24) is 10.2 Å². The van der Waals surface area contributed by atoms with Gasteiger partial charge in [0.2, 0.25) is 5.91 Å². The van der Waals surface area contributed by atoms with Crippen molar-refractivity contribution in [3.8, 4) is 0 Å². The highest BCUT2D eigenvalue weighted by Gasteiger charge is 2.29. The first-order valence-corrected chi connectivity index (χ1v) is 6.83. The average molecular weight is 277 g/mol. The Kier molecular flexibility index (Phi) is 6.39. The molecule has 3 atom stereocenters. The van der Waals surface area contributed by atoms with Crippen LogP contribution in [0.15, 0.2) is 0 Å². The van der Waals surface area contributed by atoms with E-state index < -0.39 is 0 Å². The first-order valence-electron chi connectivity index (χ1n) is 6.83. The van der Waals surface area contributed by atoms with Crippen LogP contribution in [-0.4, -0.2) is 48.7 Å². The number of halogens is 1. The van der Waals surface area contributed by atoms with E-state index in [1.807, 2.05) is 4.90 Å². The lowest BCUT2D eigenvalue weighted by Crippen LogP contribution is -2.57. The van der Waals surface area contributed by atoms with Crippen LogP contribution in [0.25, 0.3) is 0 Å². The van der Waals surface area contributed by atoms with E-state index in [2.05, 4.69) is 19.2 Å². The van der Waals surface area contributed by atoms with Crippen LogP contribution in [0.1, 0.15) is 39.5 Å². The van der Waals surface area contributed by atoms with E-state index in [9.17, 15) is 4.79 Å². The van der Waals surface area contributed by atoms with Crippen molar-refractivity contribution in [2.24, 2.45) is 0 Å². The Hall–Kier alpha value is -0.320. The fourth-order valence-electron chi connectivity index (χ4n) is 2.69. The molecule has 2 fully saturated rings. The van der Waals surface area contributed by atoms with Crippen LogP contribution in [0.2, 0.25) is 0 Å². The fraction of sp³-hybridized carbons (Fsp3) is 0.923. The number of hydrogen-bond acceptors (Lipinski definition) is 3. The van der Waals surface area contributed by atoms with E-state index in [0.29, 0.717) is 18.5 Å². The van der Waals surface area contributed by atoms with Crippen LogP contribution in [-0.2, 0) is 9.53 Å². The number of nitrogens with zero attached hydrogens (tertiary/aromatic N) is 1. The van der Waals surface area contributed by atoms with Crippen LogP contribution >= 0.6 is 12.4 Å². The summed E-state index contributed by atoms with van der Waals surface area (Å²) in [6.07, 6.45) is 4.12. The smallest absolute Gasteiger partial charge is 0.225 e. The van der Waals surface area contributed by atoms with E-state index in [-0.39, 0.29) is 24.4 Å². The molecule has 0 aromatic rings. The molecule has 106 valence electrons. The van der Waals surface area contributed by atoms with Gasteiger partial charge in [-0.1, -0.05) is 0 Å². The topological polar surface area (TPSA) is 41.6 Å². The molecule has 5 heteroatoms. The summed E-state index contributed by atoms with van der Waals surface area (Å²) >= 11 is 0. The molecule has 2 aliphatic rings. The molecule has 1 amide bonds. The summed E-state index contributed by atoms with van der Waals surface area (Å²) in [5.74, 6) is 0.262. The molecule has 0 radical (unpaired) electrons. The minimum absolute atomic E-state index is 0. The number of hydrogen-bond donors (Lipinski definition) is 1. The summed E-state index contributed by atoms with van der Waals surface area (Å²) in [7, 11) is 0. The van der Waals surface area contributed by atoms with Crippen LogP contribution < -0.4 is 5.32 Å². The number of rotatable bonds is 2. The zero-order valence-corrected chi connectivity index (χ0v) is 12.2. The Bertz CT molecular complexity index is 270.